The molecule has 6 heteroatoms. The van der Waals surface area contributed by atoms with E-state index in [-0.39, 0.29) is 6.04 Å². The second kappa shape index (κ2) is 9.49. The van der Waals surface area contributed by atoms with Crippen LogP contribution in [0.5, 0.6) is 0 Å². The zero-order valence-corrected chi connectivity index (χ0v) is 16.5. The third-order valence-electron chi connectivity index (χ3n) is 6.05. The summed E-state index contributed by atoms with van der Waals surface area (Å²) in [4.78, 5) is 21.4. The summed E-state index contributed by atoms with van der Waals surface area (Å²) in [5, 5.41) is 4.10. The minimum Gasteiger partial charge on any atom is -0.340 e. The first-order chi connectivity index (χ1) is 12.7. The van der Waals surface area contributed by atoms with Crippen molar-refractivity contribution in [1.82, 2.24) is 19.9 Å². The number of amides is 1. The lowest BCUT2D eigenvalue weighted by atomic mass is 10.0. The molecule has 1 saturated heterocycles. The molecule has 2 fully saturated rings. The first-order valence-corrected chi connectivity index (χ1v) is 10.5. The highest BCUT2D eigenvalue weighted by Gasteiger charge is 2.28. The molecular formula is C20H34N4O2. The van der Waals surface area contributed by atoms with Gasteiger partial charge in [-0.25, -0.2) is 0 Å². The molecule has 1 atom stereocenters. The van der Waals surface area contributed by atoms with E-state index in [2.05, 4.69) is 28.9 Å². The molecule has 0 bridgehead atoms. The summed E-state index contributed by atoms with van der Waals surface area (Å²) < 4.78 is 5.46. The third kappa shape index (κ3) is 5.06. The average Bonchev–Trinajstić information content (AvgIpc) is 3.36. The monoisotopic (exact) mass is 362 g/mol. The van der Waals surface area contributed by atoms with E-state index < -0.39 is 0 Å². The summed E-state index contributed by atoms with van der Waals surface area (Å²) in [6.07, 6.45) is 10.3. The molecule has 1 aliphatic carbocycles. The van der Waals surface area contributed by atoms with Crippen LogP contribution in [0.15, 0.2) is 4.52 Å². The summed E-state index contributed by atoms with van der Waals surface area (Å²) >= 11 is 0. The van der Waals surface area contributed by atoms with Crippen LogP contribution < -0.4 is 0 Å². The Balaban J connectivity index is 1.42. The standard InChI is InChI=1S/C20H34N4O2/c1-3-4-9-18-21-20(26-22-18)16(2)23-12-14-24(15-13-23)19(25)11-10-17-7-5-6-8-17/h16-17H,3-15H2,1-2H3. The number of rotatable bonds is 8. The molecule has 1 unspecified atom stereocenters. The van der Waals surface area contributed by atoms with Crippen LogP contribution in [0.1, 0.15) is 83.0 Å². The Labute approximate surface area is 157 Å². The van der Waals surface area contributed by atoms with Crippen molar-refractivity contribution in [2.75, 3.05) is 26.2 Å². The number of piperazine rings is 1. The SMILES string of the molecule is CCCCc1noc(C(C)N2CCN(C(=O)CCC3CCCC3)CC2)n1. The predicted molar refractivity (Wildman–Crippen MR) is 101 cm³/mol. The maximum atomic E-state index is 12.5. The smallest absolute Gasteiger partial charge is 0.243 e. The topological polar surface area (TPSA) is 62.5 Å². The number of hydrogen-bond donors (Lipinski definition) is 0. The molecule has 1 amide bonds. The maximum absolute atomic E-state index is 12.5. The molecule has 1 aliphatic heterocycles. The van der Waals surface area contributed by atoms with Gasteiger partial charge in [-0.3, -0.25) is 9.69 Å². The van der Waals surface area contributed by atoms with Gasteiger partial charge in [0.2, 0.25) is 11.8 Å². The second-order valence-electron chi connectivity index (χ2n) is 7.93. The minimum atomic E-state index is 0.119. The zero-order chi connectivity index (χ0) is 18.4. The molecule has 3 rings (SSSR count). The summed E-state index contributed by atoms with van der Waals surface area (Å²) in [6, 6.07) is 0.119. The van der Waals surface area contributed by atoms with E-state index in [1.165, 1.54) is 25.7 Å². The van der Waals surface area contributed by atoms with Crippen molar-refractivity contribution in [3.8, 4) is 0 Å². The number of hydrogen-bond acceptors (Lipinski definition) is 5. The molecule has 26 heavy (non-hydrogen) atoms. The van der Waals surface area contributed by atoms with Gasteiger partial charge in [0, 0.05) is 39.0 Å². The lowest BCUT2D eigenvalue weighted by Gasteiger charge is -2.37. The van der Waals surface area contributed by atoms with Gasteiger partial charge in [0.1, 0.15) is 0 Å². The molecule has 2 heterocycles. The summed E-state index contributed by atoms with van der Waals surface area (Å²) in [7, 11) is 0. The summed E-state index contributed by atoms with van der Waals surface area (Å²) in [5.74, 6) is 2.65. The van der Waals surface area contributed by atoms with E-state index in [0.717, 1.165) is 70.0 Å². The van der Waals surface area contributed by atoms with E-state index in [1.807, 2.05) is 4.90 Å². The number of nitrogens with zero attached hydrogens (tertiary/aromatic N) is 4. The van der Waals surface area contributed by atoms with Gasteiger partial charge in [-0.15, -0.1) is 0 Å². The predicted octanol–water partition coefficient (Wildman–Crippen LogP) is 3.59. The van der Waals surface area contributed by atoms with Crippen LogP contribution in [0, 0.1) is 5.92 Å². The molecule has 1 aromatic heterocycles. The Kier molecular flexibility index (Phi) is 7.06. The third-order valence-corrected chi connectivity index (χ3v) is 6.05. The van der Waals surface area contributed by atoms with E-state index in [4.69, 9.17) is 4.52 Å². The normalized spacial score (nSPS) is 20.6. The molecule has 1 saturated carbocycles. The quantitative estimate of drug-likeness (QED) is 0.707. The average molecular weight is 363 g/mol. The van der Waals surface area contributed by atoms with Crippen LogP contribution in [0.3, 0.4) is 0 Å². The highest BCUT2D eigenvalue weighted by molar-refractivity contribution is 5.76. The number of aryl methyl sites for hydroxylation is 1. The van der Waals surface area contributed by atoms with Crippen molar-refractivity contribution in [3.05, 3.63) is 11.7 Å². The Hall–Kier alpha value is -1.43. The van der Waals surface area contributed by atoms with Crippen molar-refractivity contribution in [1.29, 1.82) is 0 Å². The van der Waals surface area contributed by atoms with Crippen LogP contribution >= 0.6 is 0 Å². The van der Waals surface area contributed by atoms with Crippen LogP contribution in [0.4, 0.5) is 0 Å². The van der Waals surface area contributed by atoms with Crippen molar-refractivity contribution >= 4 is 5.91 Å². The Morgan fingerprint density at radius 3 is 2.65 bits per heavy atom. The van der Waals surface area contributed by atoms with Crippen LogP contribution in [-0.2, 0) is 11.2 Å². The number of unbranched alkanes of at least 4 members (excludes halogenated alkanes) is 1. The van der Waals surface area contributed by atoms with Gasteiger partial charge < -0.3 is 9.42 Å². The van der Waals surface area contributed by atoms with Gasteiger partial charge in [0.05, 0.1) is 6.04 Å². The van der Waals surface area contributed by atoms with Gasteiger partial charge in [-0.05, 0) is 25.7 Å². The van der Waals surface area contributed by atoms with Crippen LogP contribution in [-0.4, -0.2) is 52.0 Å². The highest BCUT2D eigenvalue weighted by atomic mass is 16.5. The van der Waals surface area contributed by atoms with Crippen molar-refractivity contribution in [3.63, 3.8) is 0 Å². The molecule has 1 aromatic rings. The Bertz CT molecular complexity index is 560. The fourth-order valence-electron chi connectivity index (χ4n) is 4.17. The molecule has 0 N–H and O–H groups in total. The lowest BCUT2D eigenvalue weighted by Crippen LogP contribution is -2.49. The van der Waals surface area contributed by atoms with Crippen molar-refractivity contribution in [2.24, 2.45) is 5.92 Å². The molecule has 0 spiro atoms. The van der Waals surface area contributed by atoms with E-state index in [9.17, 15) is 4.79 Å². The van der Waals surface area contributed by atoms with E-state index in [0.29, 0.717) is 11.8 Å². The van der Waals surface area contributed by atoms with E-state index >= 15 is 0 Å². The first kappa shape index (κ1) is 19.3. The zero-order valence-electron chi connectivity index (χ0n) is 16.5. The lowest BCUT2D eigenvalue weighted by molar-refractivity contribution is -0.133. The fraction of sp³-hybridized carbons (Fsp3) is 0.850. The molecule has 0 aromatic carbocycles. The minimum absolute atomic E-state index is 0.119. The number of carbonyl (C=O) groups excluding carboxylic acids is 1. The number of carbonyl (C=O) groups is 1. The summed E-state index contributed by atoms with van der Waals surface area (Å²) in [5.41, 5.74) is 0. The van der Waals surface area contributed by atoms with Gasteiger partial charge >= 0.3 is 0 Å². The first-order valence-electron chi connectivity index (χ1n) is 10.5. The molecular weight excluding hydrogens is 328 g/mol. The molecule has 146 valence electrons. The summed E-state index contributed by atoms with van der Waals surface area (Å²) in [6.45, 7) is 7.66. The number of aromatic nitrogens is 2. The van der Waals surface area contributed by atoms with E-state index in [1.54, 1.807) is 0 Å². The molecule has 6 nitrogen and oxygen atoms in total. The Morgan fingerprint density at radius 2 is 1.96 bits per heavy atom. The van der Waals surface area contributed by atoms with Gasteiger partial charge in [0.15, 0.2) is 5.82 Å². The maximum Gasteiger partial charge on any atom is 0.243 e. The van der Waals surface area contributed by atoms with Gasteiger partial charge in [0.25, 0.3) is 0 Å². The highest BCUT2D eigenvalue weighted by Crippen LogP contribution is 2.29. The molecule has 2 aliphatic rings. The van der Waals surface area contributed by atoms with Crippen LogP contribution in [0.25, 0.3) is 0 Å². The van der Waals surface area contributed by atoms with Crippen LogP contribution in [0.2, 0.25) is 0 Å². The molecule has 0 radical (unpaired) electrons. The largest absolute Gasteiger partial charge is 0.340 e. The Morgan fingerprint density at radius 1 is 1.23 bits per heavy atom. The second-order valence-corrected chi connectivity index (χ2v) is 7.93. The van der Waals surface area contributed by atoms with Gasteiger partial charge in [-0.1, -0.05) is 44.2 Å². The van der Waals surface area contributed by atoms with Crippen molar-refractivity contribution in [2.45, 2.75) is 77.7 Å². The van der Waals surface area contributed by atoms with Gasteiger partial charge in [-0.2, -0.15) is 4.98 Å². The fourth-order valence-corrected chi connectivity index (χ4v) is 4.17. The van der Waals surface area contributed by atoms with Crippen molar-refractivity contribution < 1.29 is 9.32 Å².